The molecule has 0 aliphatic carbocycles. The van der Waals surface area contributed by atoms with Gasteiger partial charge in [0.25, 0.3) is 0 Å². The van der Waals surface area contributed by atoms with Gasteiger partial charge in [0, 0.05) is 25.6 Å². The van der Waals surface area contributed by atoms with E-state index in [0.717, 1.165) is 43.5 Å². The maximum atomic E-state index is 5.89. The first-order valence-corrected chi connectivity index (χ1v) is 7.61. The van der Waals surface area contributed by atoms with Crippen LogP contribution in [0.15, 0.2) is 6.07 Å². The molecule has 4 nitrogen and oxygen atoms in total. The summed E-state index contributed by atoms with van der Waals surface area (Å²) in [6.45, 7) is 6.62. The zero-order valence-electron chi connectivity index (χ0n) is 12.2. The number of aromatic nitrogens is 2. The first-order chi connectivity index (χ1) is 9.22. The molecule has 106 valence electrons. The van der Waals surface area contributed by atoms with Crippen molar-refractivity contribution in [3.8, 4) is 0 Å². The van der Waals surface area contributed by atoms with Gasteiger partial charge >= 0.3 is 0 Å². The van der Waals surface area contributed by atoms with Crippen LogP contribution < -0.4 is 10.6 Å². The van der Waals surface area contributed by atoms with E-state index in [2.05, 4.69) is 28.7 Å². The van der Waals surface area contributed by atoms with E-state index in [0.29, 0.717) is 5.82 Å². The normalized spacial score (nSPS) is 16.8. The quantitative estimate of drug-likeness (QED) is 0.886. The van der Waals surface area contributed by atoms with Crippen molar-refractivity contribution in [2.24, 2.45) is 5.92 Å². The third-order valence-electron chi connectivity index (χ3n) is 3.89. The number of rotatable bonds is 5. The second-order valence-electron chi connectivity index (χ2n) is 5.54. The van der Waals surface area contributed by atoms with Gasteiger partial charge in [-0.2, -0.15) is 0 Å². The van der Waals surface area contributed by atoms with Gasteiger partial charge in [-0.25, -0.2) is 9.97 Å². The van der Waals surface area contributed by atoms with Gasteiger partial charge in [-0.3, -0.25) is 0 Å². The number of anilines is 2. The molecule has 1 saturated heterocycles. The molecule has 0 saturated carbocycles. The molecule has 2 heterocycles. The van der Waals surface area contributed by atoms with Crippen LogP contribution in [0.4, 0.5) is 11.6 Å². The fourth-order valence-corrected chi connectivity index (χ4v) is 2.86. The molecule has 0 aromatic carbocycles. The summed E-state index contributed by atoms with van der Waals surface area (Å²) in [7, 11) is 0. The Morgan fingerprint density at radius 3 is 2.58 bits per heavy atom. The first kappa shape index (κ1) is 14.1. The number of hydrogen-bond acceptors (Lipinski definition) is 4. The van der Waals surface area contributed by atoms with Gasteiger partial charge in [0.05, 0.1) is 0 Å². The highest BCUT2D eigenvalue weighted by atomic mass is 15.2. The van der Waals surface area contributed by atoms with E-state index in [-0.39, 0.29) is 0 Å². The van der Waals surface area contributed by atoms with E-state index in [1.165, 1.54) is 25.7 Å². The smallest absolute Gasteiger partial charge is 0.134 e. The molecule has 0 amide bonds. The summed E-state index contributed by atoms with van der Waals surface area (Å²) in [5, 5.41) is 0. The van der Waals surface area contributed by atoms with Crippen LogP contribution in [0.5, 0.6) is 0 Å². The lowest BCUT2D eigenvalue weighted by molar-refractivity contribution is 0.377. The van der Waals surface area contributed by atoms with Crippen LogP contribution in [0.1, 0.15) is 51.8 Å². The monoisotopic (exact) mass is 262 g/mol. The summed E-state index contributed by atoms with van der Waals surface area (Å²) in [5.41, 5.74) is 5.89. The van der Waals surface area contributed by atoms with E-state index in [4.69, 9.17) is 5.73 Å². The Balaban J connectivity index is 2.02. The van der Waals surface area contributed by atoms with Crippen molar-refractivity contribution >= 4 is 11.6 Å². The van der Waals surface area contributed by atoms with Crippen molar-refractivity contribution in [3.05, 3.63) is 11.9 Å². The summed E-state index contributed by atoms with van der Waals surface area (Å²) in [4.78, 5) is 11.3. The topological polar surface area (TPSA) is 55.0 Å². The maximum absolute atomic E-state index is 5.89. The molecule has 0 unspecified atom stereocenters. The summed E-state index contributed by atoms with van der Waals surface area (Å²) in [5.74, 6) is 3.40. The molecule has 0 radical (unpaired) electrons. The molecular weight excluding hydrogens is 236 g/mol. The second kappa shape index (κ2) is 6.73. The molecule has 1 aliphatic rings. The van der Waals surface area contributed by atoms with Gasteiger partial charge < -0.3 is 10.6 Å². The van der Waals surface area contributed by atoms with Crippen molar-refractivity contribution in [1.29, 1.82) is 0 Å². The van der Waals surface area contributed by atoms with Crippen molar-refractivity contribution in [3.63, 3.8) is 0 Å². The lowest BCUT2D eigenvalue weighted by Crippen LogP contribution is -2.34. The molecule has 2 rings (SSSR count). The predicted octanol–water partition coefficient (Wildman–Crippen LogP) is 3.03. The number of nitrogens with two attached hydrogens (primary N) is 1. The van der Waals surface area contributed by atoms with Crippen LogP contribution in [0.3, 0.4) is 0 Å². The molecule has 19 heavy (non-hydrogen) atoms. The van der Waals surface area contributed by atoms with E-state index in [1.807, 2.05) is 6.07 Å². The molecular formula is C15H26N4. The van der Waals surface area contributed by atoms with Crippen molar-refractivity contribution in [2.45, 2.75) is 52.4 Å². The van der Waals surface area contributed by atoms with E-state index in [9.17, 15) is 0 Å². The summed E-state index contributed by atoms with van der Waals surface area (Å²) in [6.07, 6.45) is 7.18. The molecule has 0 atom stereocenters. The van der Waals surface area contributed by atoms with E-state index >= 15 is 0 Å². The average Bonchev–Trinajstić information content (AvgIpc) is 2.40. The second-order valence-corrected chi connectivity index (χ2v) is 5.54. The van der Waals surface area contributed by atoms with Crippen LogP contribution in [0.25, 0.3) is 0 Å². The van der Waals surface area contributed by atoms with Crippen LogP contribution in [-0.4, -0.2) is 23.1 Å². The van der Waals surface area contributed by atoms with E-state index < -0.39 is 0 Å². The molecule has 1 fully saturated rings. The Morgan fingerprint density at radius 2 is 1.95 bits per heavy atom. The van der Waals surface area contributed by atoms with Gasteiger partial charge in [0.2, 0.25) is 0 Å². The van der Waals surface area contributed by atoms with Crippen LogP contribution in [-0.2, 0) is 6.42 Å². The van der Waals surface area contributed by atoms with Crippen LogP contribution >= 0.6 is 0 Å². The van der Waals surface area contributed by atoms with Gasteiger partial charge in [-0.05, 0) is 25.2 Å². The largest absolute Gasteiger partial charge is 0.384 e. The lowest BCUT2D eigenvalue weighted by atomic mass is 9.92. The predicted molar refractivity (Wildman–Crippen MR) is 80.3 cm³/mol. The fourth-order valence-electron chi connectivity index (χ4n) is 2.86. The summed E-state index contributed by atoms with van der Waals surface area (Å²) >= 11 is 0. The zero-order valence-corrected chi connectivity index (χ0v) is 12.2. The van der Waals surface area contributed by atoms with Crippen LogP contribution in [0.2, 0.25) is 0 Å². The van der Waals surface area contributed by atoms with Gasteiger partial charge in [0.1, 0.15) is 17.5 Å². The van der Waals surface area contributed by atoms with Gasteiger partial charge in [0.15, 0.2) is 0 Å². The zero-order chi connectivity index (χ0) is 13.7. The van der Waals surface area contributed by atoms with Crippen molar-refractivity contribution in [2.75, 3.05) is 23.7 Å². The molecule has 1 aromatic rings. The summed E-state index contributed by atoms with van der Waals surface area (Å²) in [6, 6.07) is 1.92. The molecule has 4 heteroatoms. The molecule has 2 N–H and O–H groups in total. The van der Waals surface area contributed by atoms with Crippen molar-refractivity contribution in [1.82, 2.24) is 9.97 Å². The minimum Gasteiger partial charge on any atom is -0.384 e. The molecule has 0 bridgehead atoms. The highest BCUT2D eigenvalue weighted by Gasteiger charge is 2.20. The fraction of sp³-hybridized carbons (Fsp3) is 0.733. The SMILES string of the molecule is CCCc1nc(N)cc(N2CCC(CCC)CC2)n1. The summed E-state index contributed by atoms with van der Waals surface area (Å²) < 4.78 is 0. The van der Waals surface area contributed by atoms with Crippen molar-refractivity contribution < 1.29 is 0 Å². The van der Waals surface area contributed by atoms with Gasteiger partial charge in [-0.1, -0.05) is 26.7 Å². The minimum atomic E-state index is 0.601. The Kier molecular flexibility index (Phi) is 5.00. The third kappa shape index (κ3) is 3.82. The Hall–Kier alpha value is -1.32. The minimum absolute atomic E-state index is 0.601. The number of hydrogen-bond donors (Lipinski definition) is 1. The van der Waals surface area contributed by atoms with E-state index in [1.54, 1.807) is 0 Å². The Morgan fingerprint density at radius 1 is 1.21 bits per heavy atom. The van der Waals surface area contributed by atoms with Gasteiger partial charge in [-0.15, -0.1) is 0 Å². The third-order valence-corrected chi connectivity index (χ3v) is 3.89. The average molecular weight is 262 g/mol. The number of nitrogen functional groups attached to an aromatic ring is 1. The number of nitrogens with zero attached hydrogens (tertiary/aromatic N) is 3. The molecule has 1 aliphatic heterocycles. The first-order valence-electron chi connectivity index (χ1n) is 7.61. The molecule has 1 aromatic heterocycles. The highest BCUT2D eigenvalue weighted by Crippen LogP contribution is 2.25. The standard InChI is InChI=1S/C15H26N4/c1-3-5-12-7-9-19(10-8-12)15-11-13(16)17-14(18-15)6-4-2/h11-12H,3-10H2,1-2H3,(H2,16,17,18). The van der Waals surface area contributed by atoms with Crippen LogP contribution in [0, 0.1) is 5.92 Å². The number of piperidine rings is 1. The maximum Gasteiger partial charge on any atom is 0.134 e. The lowest BCUT2D eigenvalue weighted by Gasteiger charge is -2.32. The molecule has 0 spiro atoms. The Labute approximate surface area is 116 Å². The highest BCUT2D eigenvalue weighted by molar-refractivity contribution is 5.47. The Bertz CT molecular complexity index is 397. The number of aryl methyl sites for hydroxylation is 1.